The Bertz CT molecular complexity index is 310. The molecule has 1 unspecified atom stereocenters. The summed E-state index contributed by atoms with van der Waals surface area (Å²) < 4.78 is 42.7. The van der Waals surface area contributed by atoms with E-state index in [4.69, 9.17) is 10.5 Å². The van der Waals surface area contributed by atoms with Gasteiger partial charge in [0.2, 0.25) is 0 Å². The van der Waals surface area contributed by atoms with E-state index in [9.17, 15) is 13.2 Å². The Balaban J connectivity index is 2.82. The van der Waals surface area contributed by atoms with Crippen LogP contribution < -0.4 is 5.73 Å². The van der Waals surface area contributed by atoms with Gasteiger partial charge in [-0.1, -0.05) is 0 Å². The number of methoxy groups -OCH3 is 1. The topological polar surface area (TPSA) is 53.1 Å². The highest BCUT2D eigenvalue weighted by Crippen LogP contribution is 2.28. The molecule has 0 aliphatic heterocycles. The summed E-state index contributed by atoms with van der Waals surface area (Å²) in [6.07, 6.45) is -2.67. The van der Waals surface area contributed by atoms with E-state index in [0.717, 1.165) is 12.4 Å². The summed E-state index contributed by atoms with van der Waals surface area (Å²) in [6, 6.07) is -0.369. The van der Waals surface area contributed by atoms with E-state index in [1.807, 2.05) is 0 Å². The lowest BCUT2D eigenvalue weighted by molar-refractivity contribution is -0.137. The van der Waals surface area contributed by atoms with Gasteiger partial charge in [0.1, 0.15) is 0 Å². The lowest BCUT2D eigenvalue weighted by atomic mass is 10.3. The fourth-order valence-corrected chi connectivity index (χ4v) is 1.13. The minimum Gasteiger partial charge on any atom is -0.382 e. The van der Waals surface area contributed by atoms with Crippen molar-refractivity contribution in [2.75, 3.05) is 20.3 Å². The Kier molecular flexibility index (Phi) is 3.70. The number of hydrogen-bond acceptors (Lipinski definition) is 3. The van der Waals surface area contributed by atoms with E-state index in [-0.39, 0.29) is 19.2 Å². The summed E-state index contributed by atoms with van der Waals surface area (Å²) in [5.41, 5.74) is 4.61. The van der Waals surface area contributed by atoms with Gasteiger partial charge >= 0.3 is 6.18 Å². The molecule has 0 radical (unpaired) electrons. The van der Waals surface area contributed by atoms with Crippen LogP contribution in [0.1, 0.15) is 11.6 Å². The highest BCUT2D eigenvalue weighted by molar-refractivity contribution is 5.08. The maximum absolute atomic E-state index is 12.2. The average molecular weight is 223 g/mol. The van der Waals surface area contributed by atoms with E-state index in [1.54, 1.807) is 0 Å². The van der Waals surface area contributed by atoms with Crippen molar-refractivity contribution in [3.63, 3.8) is 0 Å². The third-order valence-electron chi connectivity index (χ3n) is 1.93. The van der Waals surface area contributed by atoms with Crippen LogP contribution in [-0.2, 0) is 10.9 Å². The number of nitrogens with zero attached hydrogens (tertiary/aromatic N) is 2. The van der Waals surface area contributed by atoms with Crippen LogP contribution in [0.4, 0.5) is 13.2 Å². The molecule has 0 saturated heterocycles. The molecular weight excluding hydrogens is 211 g/mol. The number of alkyl halides is 3. The Morgan fingerprint density at radius 3 is 2.67 bits per heavy atom. The third kappa shape index (κ3) is 2.93. The molecule has 0 saturated carbocycles. The van der Waals surface area contributed by atoms with E-state index in [2.05, 4.69) is 5.10 Å². The Hall–Kier alpha value is -1.08. The molecule has 4 nitrogen and oxygen atoms in total. The largest absolute Gasteiger partial charge is 0.419 e. The molecule has 0 aliphatic rings. The molecule has 0 amide bonds. The SMILES string of the molecule is COCC(CN)n1cc(C(F)(F)F)cn1. The summed E-state index contributed by atoms with van der Waals surface area (Å²) in [7, 11) is 1.46. The first kappa shape index (κ1) is 12.0. The Labute approximate surface area is 84.8 Å². The standard InChI is InChI=1S/C8H12F3N3O/c1-15-5-7(2-12)14-4-6(3-13-14)8(9,10)11/h3-4,7H,2,5,12H2,1H3. The lowest BCUT2D eigenvalue weighted by Crippen LogP contribution is -2.23. The van der Waals surface area contributed by atoms with Crippen LogP contribution in [0.15, 0.2) is 12.4 Å². The number of rotatable bonds is 4. The third-order valence-corrected chi connectivity index (χ3v) is 1.93. The number of hydrogen-bond donors (Lipinski definition) is 1. The van der Waals surface area contributed by atoms with Crippen LogP contribution in [0, 0.1) is 0 Å². The number of nitrogens with two attached hydrogens (primary N) is 1. The molecule has 86 valence electrons. The molecule has 1 rings (SSSR count). The van der Waals surface area contributed by atoms with Gasteiger partial charge in [-0.2, -0.15) is 18.3 Å². The zero-order chi connectivity index (χ0) is 11.5. The van der Waals surface area contributed by atoms with Gasteiger partial charge in [0.05, 0.1) is 24.4 Å². The van der Waals surface area contributed by atoms with Crippen LogP contribution in [0.2, 0.25) is 0 Å². The lowest BCUT2D eigenvalue weighted by Gasteiger charge is -2.13. The first-order chi connectivity index (χ1) is 6.99. The van der Waals surface area contributed by atoms with Gasteiger partial charge in [0, 0.05) is 19.9 Å². The molecule has 0 aliphatic carbocycles. The van der Waals surface area contributed by atoms with E-state index in [0.29, 0.717) is 0 Å². The van der Waals surface area contributed by atoms with E-state index < -0.39 is 11.7 Å². The molecular formula is C8H12F3N3O. The Morgan fingerprint density at radius 2 is 2.27 bits per heavy atom. The normalized spacial score (nSPS) is 14.2. The summed E-state index contributed by atoms with van der Waals surface area (Å²) >= 11 is 0. The molecule has 0 spiro atoms. The second-order valence-electron chi connectivity index (χ2n) is 3.05. The highest BCUT2D eigenvalue weighted by Gasteiger charge is 2.32. The molecule has 0 aromatic carbocycles. The molecule has 7 heteroatoms. The Morgan fingerprint density at radius 1 is 1.60 bits per heavy atom. The summed E-state index contributed by atoms with van der Waals surface area (Å²) in [6.45, 7) is 0.405. The van der Waals surface area contributed by atoms with E-state index >= 15 is 0 Å². The smallest absolute Gasteiger partial charge is 0.382 e. The monoisotopic (exact) mass is 223 g/mol. The highest BCUT2D eigenvalue weighted by atomic mass is 19.4. The predicted molar refractivity (Wildman–Crippen MR) is 47.2 cm³/mol. The van der Waals surface area contributed by atoms with Crippen LogP contribution in [-0.4, -0.2) is 30.0 Å². The quantitative estimate of drug-likeness (QED) is 0.830. The summed E-state index contributed by atoms with van der Waals surface area (Å²) in [5.74, 6) is 0. The van der Waals surface area contributed by atoms with Crippen molar-refractivity contribution in [2.45, 2.75) is 12.2 Å². The fraction of sp³-hybridized carbons (Fsp3) is 0.625. The molecule has 1 atom stereocenters. The van der Waals surface area contributed by atoms with Crippen molar-refractivity contribution in [1.82, 2.24) is 9.78 Å². The summed E-state index contributed by atoms with van der Waals surface area (Å²) in [4.78, 5) is 0. The molecule has 1 aromatic heterocycles. The number of aromatic nitrogens is 2. The van der Waals surface area contributed by atoms with Crippen LogP contribution in [0.25, 0.3) is 0 Å². The molecule has 1 heterocycles. The van der Waals surface area contributed by atoms with Gasteiger partial charge in [-0.3, -0.25) is 4.68 Å². The second-order valence-corrected chi connectivity index (χ2v) is 3.05. The minimum atomic E-state index is -4.37. The van der Waals surface area contributed by atoms with Gasteiger partial charge in [0.25, 0.3) is 0 Å². The molecule has 15 heavy (non-hydrogen) atoms. The number of ether oxygens (including phenoxy) is 1. The number of halogens is 3. The van der Waals surface area contributed by atoms with Crippen molar-refractivity contribution in [3.05, 3.63) is 18.0 Å². The van der Waals surface area contributed by atoms with Crippen molar-refractivity contribution < 1.29 is 17.9 Å². The zero-order valence-corrected chi connectivity index (χ0v) is 8.16. The van der Waals surface area contributed by atoms with E-state index in [1.165, 1.54) is 11.8 Å². The van der Waals surface area contributed by atoms with Gasteiger partial charge in [-0.15, -0.1) is 0 Å². The average Bonchev–Trinajstić information content (AvgIpc) is 2.62. The summed E-state index contributed by atoms with van der Waals surface area (Å²) in [5, 5.41) is 3.61. The van der Waals surface area contributed by atoms with Crippen LogP contribution in [0.5, 0.6) is 0 Å². The maximum Gasteiger partial charge on any atom is 0.419 e. The predicted octanol–water partition coefficient (Wildman–Crippen LogP) is 1.05. The molecule has 1 aromatic rings. The van der Waals surface area contributed by atoms with Crippen molar-refractivity contribution in [2.24, 2.45) is 5.73 Å². The molecule has 0 bridgehead atoms. The van der Waals surface area contributed by atoms with Gasteiger partial charge in [-0.25, -0.2) is 0 Å². The van der Waals surface area contributed by atoms with Gasteiger partial charge in [0.15, 0.2) is 0 Å². The molecule has 2 N–H and O–H groups in total. The van der Waals surface area contributed by atoms with Crippen molar-refractivity contribution >= 4 is 0 Å². The maximum atomic E-state index is 12.2. The van der Waals surface area contributed by atoms with Crippen LogP contribution >= 0.6 is 0 Å². The molecule has 0 fully saturated rings. The van der Waals surface area contributed by atoms with Crippen molar-refractivity contribution in [1.29, 1.82) is 0 Å². The second kappa shape index (κ2) is 4.63. The minimum absolute atomic E-state index is 0.173. The van der Waals surface area contributed by atoms with Crippen LogP contribution in [0.3, 0.4) is 0 Å². The first-order valence-electron chi connectivity index (χ1n) is 4.29. The first-order valence-corrected chi connectivity index (χ1v) is 4.29. The van der Waals surface area contributed by atoms with Crippen molar-refractivity contribution in [3.8, 4) is 0 Å². The van der Waals surface area contributed by atoms with Gasteiger partial charge < -0.3 is 10.5 Å². The zero-order valence-electron chi connectivity index (χ0n) is 8.16. The van der Waals surface area contributed by atoms with Gasteiger partial charge in [-0.05, 0) is 0 Å². The fourth-order valence-electron chi connectivity index (χ4n) is 1.13.